The fraction of sp³-hybridized carbons (Fsp3) is 0.400. The summed E-state index contributed by atoms with van der Waals surface area (Å²) in [5.74, 6) is 1.74. The third kappa shape index (κ3) is 4.10. The van der Waals surface area contributed by atoms with E-state index in [1.807, 2.05) is 13.8 Å². The van der Waals surface area contributed by atoms with Crippen LogP contribution in [0.3, 0.4) is 0 Å². The molecule has 0 spiro atoms. The zero-order chi connectivity index (χ0) is 14.0. The van der Waals surface area contributed by atoms with E-state index in [1.165, 1.54) is 5.56 Å². The SMILES string of the molecule is Cc1ccc2cc(CSCC(C)(C)N)c(Cl)nc2c1. The highest BCUT2D eigenvalue weighted by molar-refractivity contribution is 7.98. The van der Waals surface area contributed by atoms with Crippen LogP contribution in [0.25, 0.3) is 10.9 Å². The lowest BCUT2D eigenvalue weighted by Crippen LogP contribution is -2.34. The first-order valence-electron chi connectivity index (χ1n) is 6.27. The Kier molecular flexibility index (Phi) is 4.39. The van der Waals surface area contributed by atoms with Crippen LogP contribution in [-0.2, 0) is 5.75 Å². The van der Waals surface area contributed by atoms with Gasteiger partial charge in [0.05, 0.1) is 5.52 Å². The molecule has 0 unspecified atom stereocenters. The third-order valence-electron chi connectivity index (χ3n) is 2.73. The third-order valence-corrected chi connectivity index (χ3v) is 4.52. The van der Waals surface area contributed by atoms with Crippen molar-refractivity contribution in [3.63, 3.8) is 0 Å². The smallest absolute Gasteiger partial charge is 0.133 e. The molecule has 0 amide bonds. The van der Waals surface area contributed by atoms with Gasteiger partial charge in [-0.2, -0.15) is 11.8 Å². The lowest BCUT2D eigenvalue weighted by Gasteiger charge is -2.17. The second kappa shape index (κ2) is 5.70. The maximum atomic E-state index is 6.25. The molecule has 2 aromatic rings. The first kappa shape index (κ1) is 14.6. The number of aromatic nitrogens is 1. The highest BCUT2D eigenvalue weighted by Gasteiger charge is 2.12. The summed E-state index contributed by atoms with van der Waals surface area (Å²) in [6, 6.07) is 8.37. The molecule has 0 saturated heterocycles. The first-order valence-corrected chi connectivity index (χ1v) is 7.81. The highest BCUT2D eigenvalue weighted by Crippen LogP contribution is 2.25. The molecular formula is C15H19ClN2S. The van der Waals surface area contributed by atoms with Crippen molar-refractivity contribution in [2.75, 3.05) is 5.75 Å². The van der Waals surface area contributed by atoms with Crippen molar-refractivity contribution < 1.29 is 0 Å². The standard InChI is InChI=1S/C15H19ClN2S/c1-10-4-5-11-7-12(8-19-9-15(2,3)17)14(16)18-13(11)6-10/h4-7H,8-9,17H2,1-3H3. The van der Waals surface area contributed by atoms with Gasteiger partial charge < -0.3 is 5.73 Å². The van der Waals surface area contributed by atoms with E-state index >= 15 is 0 Å². The molecule has 0 radical (unpaired) electrons. The Morgan fingerprint density at radius 1 is 1.32 bits per heavy atom. The Morgan fingerprint density at radius 3 is 2.74 bits per heavy atom. The summed E-state index contributed by atoms with van der Waals surface area (Å²) in [6.07, 6.45) is 0. The van der Waals surface area contributed by atoms with Gasteiger partial charge in [0.15, 0.2) is 0 Å². The molecule has 0 atom stereocenters. The van der Waals surface area contributed by atoms with Gasteiger partial charge in [0.1, 0.15) is 5.15 Å². The zero-order valence-corrected chi connectivity index (χ0v) is 13.1. The molecule has 2 N–H and O–H groups in total. The van der Waals surface area contributed by atoms with Crippen molar-refractivity contribution in [3.8, 4) is 0 Å². The fourth-order valence-corrected chi connectivity index (χ4v) is 3.18. The molecule has 0 aliphatic rings. The summed E-state index contributed by atoms with van der Waals surface area (Å²) in [5, 5.41) is 1.73. The predicted octanol–water partition coefficient (Wildman–Crippen LogP) is 4.17. The number of nitrogens with zero attached hydrogens (tertiary/aromatic N) is 1. The second-order valence-corrected chi connectivity index (χ2v) is 6.96. The Morgan fingerprint density at radius 2 is 2.05 bits per heavy atom. The van der Waals surface area contributed by atoms with Gasteiger partial charge in [-0.05, 0) is 38.5 Å². The van der Waals surface area contributed by atoms with E-state index in [2.05, 4.69) is 36.2 Å². The van der Waals surface area contributed by atoms with Gasteiger partial charge in [0, 0.05) is 28.0 Å². The largest absolute Gasteiger partial charge is 0.325 e. The number of hydrogen-bond donors (Lipinski definition) is 1. The van der Waals surface area contributed by atoms with Crippen LogP contribution in [0.4, 0.5) is 0 Å². The summed E-state index contributed by atoms with van der Waals surface area (Å²) in [6.45, 7) is 6.12. The second-order valence-electron chi connectivity index (χ2n) is 5.62. The average Bonchev–Trinajstić information content (AvgIpc) is 2.28. The van der Waals surface area contributed by atoms with Crippen molar-refractivity contribution in [1.82, 2.24) is 4.98 Å². The van der Waals surface area contributed by atoms with Gasteiger partial charge in [-0.25, -0.2) is 4.98 Å². The van der Waals surface area contributed by atoms with E-state index in [4.69, 9.17) is 17.3 Å². The van der Waals surface area contributed by atoms with E-state index in [9.17, 15) is 0 Å². The minimum absolute atomic E-state index is 0.154. The van der Waals surface area contributed by atoms with E-state index < -0.39 is 0 Å². The van der Waals surface area contributed by atoms with Gasteiger partial charge in [0.25, 0.3) is 0 Å². The molecule has 4 heteroatoms. The molecule has 1 aromatic heterocycles. The summed E-state index contributed by atoms with van der Waals surface area (Å²) >= 11 is 8.04. The first-order chi connectivity index (χ1) is 8.85. The maximum Gasteiger partial charge on any atom is 0.133 e. The van der Waals surface area contributed by atoms with Crippen molar-refractivity contribution in [2.45, 2.75) is 32.1 Å². The Hall–Kier alpha value is -0.770. The molecule has 2 nitrogen and oxygen atoms in total. The molecule has 0 bridgehead atoms. The molecular weight excluding hydrogens is 276 g/mol. The van der Waals surface area contributed by atoms with Crippen LogP contribution in [0.2, 0.25) is 5.15 Å². The van der Waals surface area contributed by atoms with Gasteiger partial charge >= 0.3 is 0 Å². The Bertz CT molecular complexity index is 590. The molecule has 19 heavy (non-hydrogen) atoms. The molecule has 0 aliphatic carbocycles. The highest BCUT2D eigenvalue weighted by atomic mass is 35.5. The Labute approximate surface area is 123 Å². The summed E-state index contributed by atoms with van der Waals surface area (Å²) in [5.41, 5.74) is 9.05. The number of halogens is 1. The number of hydrogen-bond acceptors (Lipinski definition) is 3. The van der Waals surface area contributed by atoms with Gasteiger partial charge in [-0.3, -0.25) is 0 Å². The molecule has 1 aromatic carbocycles. The summed E-state index contributed by atoms with van der Waals surface area (Å²) < 4.78 is 0. The number of nitrogens with two attached hydrogens (primary N) is 1. The van der Waals surface area contributed by atoms with Crippen LogP contribution in [0.5, 0.6) is 0 Å². The number of aryl methyl sites for hydroxylation is 1. The van der Waals surface area contributed by atoms with E-state index in [0.717, 1.165) is 28.0 Å². The lowest BCUT2D eigenvalue weighted by molar-refractivity contribution is 0.591. The summed E-state index contributed by atoms with van der Waals surface area (Å²) in [4.78, 5) is 4.47. The van der Waals surface area contributed by atoms with Gasteiger partial charge in [-0.1, -0.05) is 23.7 Å². The average molecular weight is 295 g/mol. The molecule has 1 heterocycles. The predicted molar refractivity (Wildman–Crippen MR) is 85.9 cm³/mol. The number of benzene rings is 1. The monoisotopic (exact) mass is 294 g/mol. The van der Waals surface area contributed by atoms with E-state index in [1.54, 1.807) is 11.8 Å². The number of fused-ring (bicyclic) bond motifs is 1. The quantitative estimate of drug-likeness (QED) is 0.860. The minimum Gasteiger partial charge on any atom is -0.325 e. The summed E-state index contributed by atoms with van der Waals surface area (Å²) in [7, 11) is 0. The van der Waals surface area contributed by atoms with Crippen molar-refractivity contribution in [2.24, 2.45) is 5.73 Å². The lowest BCUT2D eigenvalue weighted by atomic mass is 10.1. The topological polar surface area (TPSA) is 38.9 Å². The Balaban J connectivity index is 2.19. The maximum absolute atomic E-state index is 6.25. The van der Waals surface area contributed by atoms with Crippen LogP contribution < -0.4 is 5.73 Å². The molecule has 0 aliphatic heterocycles. The number of pyridine rings is 1. The molecule has 0 saturated carbocycles. The normalized spacial score (nSPS) is 12.1. The number of rotatable bonds is 4. The van der Waals surface area contributed by atoms with Crippen LogP contribution in [0, 0.1) is 6.92 Å². The van der Waals surface area contributed by atoms with Crippen LogP contribution in [0.15, 0.2) is 24.3 Å². The van der Waals surface area contributed by atoms with Crippen molar-refractivity contribution in [1.29, 1.82) is 0 Å². The minimum atomic E-state index is -0.154. The molecule has 102 valence electrons. The fourth-order valence-electron chi connectivity index (χ4n) is 1.82. The zero-order valence-electron chi connectivity index (χ0n) is 11.5. The molecule has 0 fully saturated rings. The van der Waals surface area contributed by atoms with Crippen LogP contribution >= 0.6 is 23.4 Å². The number of thioether (sulfide) groups is 1. The van der Waals surface area contributed by atoms with Gasteiger partial charge in [-0.15, -0.1) is 0 Å². The molecule has 2 rings (SSSR count). The van der Waals surface area contributed by atoms with Crippen LogP contribution in [-0.4, -0.2) is 16.3 Å². The van der Waals surface area contributed by atoms with Gasteiger partial charge in [0.2, 0.25) is 0 Å². The van der Waals surface area contributed by atoms with Crippen molar-refractivity contribution >= 4 is 34.3 Å². The van der Waals surface area contributed by atoms with Crippen LogP contribution in [0.1, 0.15) is 25.0 Å². The van der Waals surface area contributed by atoms with E-state index in [-0.39, 0.29) is 5.54 Å². The van der Waals surface area contributed by atoms with Crippen molar-refractivity contribution in [3.05, 3.63) is 40.5 Å². The van der Waals surface area contributed by atoms with E-state index in [0.29, 0.717) is 5.15 Å².